The van der Waals surface area contributed by atoms with Crippen LogP contribution in [0.25, 0.3) is 22.0 Å². The van der Waals surface area contributed by atoms with E-state index in [1.807, 2.05) is 13.8 Å². The summed E-state index contributed by atoms with van der Waals surface area (Å²) in [6.45, 7) is 4.92. The predicted molar refractivity (Wildman–Crippen MR) is 172 cm³/mol. The molecule has 2 aromatic heterocycles. The Hall–Kier alpha value is -4.70. The maximum atomic E-state index is 15.7. The van der Waals surface area contributed by atoms with E-state index in [2.05, 4.69) is 24.7 Å². The van der Waals surface area contributed by atoms with E-state index >= 15 is 4.39 Å². The number of hydrogen-bond acceptors (Lipinski definition) is 9. The maximum Gasteiger partial charge on any atom is 0.573 e. The summed E-state index contributed by atoms with van der Waals surface area (Å²) in [5.74, 6) is -1.25. The molecule has 1 saturated heterocycles. The first-order valence-electron chi connectivity index (χ1n) is 14.9. The van der Waals surface area contributed by atoms with E-state index in [-0.39, 0.29) is 65.6 Å². The van der Waals surface area contributed by atoms with Crippen molar-refractivity contribution in [3.05, 3.63) is 66.2 Å². The lowest BCUT2D eigenvalue weighted by molar-refractivity contribution is -0.274. The van der Waals surface area contributed by atoms with Crippen LogP contribution >= 0.6 is 0 Å². The third-order valence-corrected chi connectivity index (χ3v) is 8.77. The van der Waals surface area contributed by atoms with E-state index in [1.54, 1.807) is 24.1 Å². The molecule has 0 aliphatic carbocycles. The summed E-state index contributed by atoms with van der Waals surface area (Å²) in [6, 6.07) is 9.94. The molecule has 16 heteroatoms. The van der Waals surface area contributed by atoms with Crippen molar-refractivity contribution in [2.45, 2.75) is 31.7 Å². The number of carbonyl (C=O) groups is 1. The Kier molecular flexibility index (Phi) is 8.35. The number of fused-ring (bicyclic) bond motifs is 4. The van der Waals surface area contributed by atoms with Crippen LogP contribution in [0.5, 0.6) is 11.6 Å². The van der Waals surface area contributed by atoms with Gasteiger partial charge in [0, 0.05) is 78.8 Å². The van der Waals surface area contributed by atoms with Crippen molar-refractivity contribution in [2.75, 3.05) is 54.1 Å². The van der Waals surface area contributed by atoms with Crippen LogP contribution in [0.2, 0.25) is 0 Å². The third kappa shape index (κ3) is 6.41. The van der Waals surface area contributed by atoms with Gasteiger partial charge in [-0.15, -0.1) is 13.2 Å². The molecule has 0 atom stereocenters. The van der Waals surface area contributed by atoms with Crippen molar-refractivity contribution < 1.29 is 40.2 Å². The van der Waals surface area contributed by atoms with E-state index in [0.717, 1.165) is 6.26 Å². The molecule has 2 aromatic carbocycles. The van der Waals surface area contributed by atoms with Gasteiger partial charge in [0.05, 0.1) is 23.7 Å². The minimum absolute atomic E-state index is 0.0175. The molecule has 11 nitrogen and oxygen atoms in total. The number of hydrogen-bond donors (Lipinski definition) is 2. The van der Waals surface area contributed by atoms with Crippen LogP contribution in [-0.2, 0) is 20.2 Å². The largest absolute Gasteiger partial charge is 0.573 e. The van der Waals surface area contributed by atoms with Crippen LogP contribution in [0, 0.1) is 5.82 Å². The van der Waals surface area contributed by atoms with Gasteiger partial charge < -0.3 is 24.6 Å². The summed E-state index contributed by atoms with van der Waals surface area (Å²) in [7, 11) is -2.15. The number of halogens is 4. The van der Waals surface area contributed by atoms with Crippen molar-refractivity contribution >= 4 is 43.9 Å². The molecule has 4 aromatic rings. The van der Waals surface area contributed by atoms with Crippen LogP contribution in [0.15, 0.2) is 54.9 Å². The molecule has 6 rings (SSSR count). The highest BCUT2D eigenvalue weighted by molar-refractivity contribution is 7.92. The molecule has 0 unspecified atom stereocenters. The van der Waals surface area contributed by atoms with Gasteiger partial charge in [-0.1, -0.05) is 19.9 Å². The molecular formula is C32H32F4N6O5S. The Labute approximate surface area is 273 Å². The Morgan fingerprint density at radius 2 is 1.83 bits per heavy atom. The molecule has 1 spiro atoms. The first-order valence-corrected chi connectivity index (χ1v) is 16.8. The van der Waals surface area contributed by atoms with Crippen molar-refractivity contribution in [1.82, 2.24) is 15.3 Å². The van der Waals surface area contributed by atoms with Gasteiger partial charge in [0.1, 0.15) is 29.3 Å². The molecular weight excluding hydrogens is 656 g/mol. The number of ether oxygens (including phenoxy) is 2. The normalized spacial score (nSPS) is 15.6. The number of anilines is 3. The van der Waals surface area contributed by atoms with Crippen molar-refractivity contribution in [3.63, 3.8) is 0 Å². The number of aromatic nitrogens is 2. The number of rotatable bonds is 10. The van der Waals surface area contributed by atoms with Gasteiger partial charge in [0.15, 0.2) is 0 Å². The topological polar surface area (TPSA) is 126 Å². The molecule has 4 heterocycles. The number of carbonyl (C=O) groups excluding carboxylic acids is 1. The number of alkyl halides is 3. The number of amides is 1. The van der Waals surface area contributed by atoms with E-state index in [1.165, 1.54) is 47.6 Å². The van der Waals surface area contributed by atoms with E-state index in [0.29, 0.717) is 28.9 Å². The van der Waals surface area contributed by atoms with Gasteiger partial charge in [-0.3, -0.25) is 14.5 Å². The second kappa shape index (κ2) is 12.1. The summed E-state index contributed by atoms with van der Waals surface area (Å²) in [6.07, 6.45) is -1.01. The Morgan fingerprint density at radius 3 is 2.52 bits per heavy atom. The van der Waals surface area contributed by atoms with Crippen LogP contribution < -0.4 is 29.3 Å². The second-order valence-corrected chi connectivity index (χ2v) is 13.9. The smallest absolute Gasteiger partial charge is 0.475 e. The number of nitrogens with one attached hydrogen (secondary N) is 2. The minimum Gasteiger partial charge on any atom is -0.475 e. The summed E-state index contributed by atoms with van der Waals surface area (Å²) < 4.78 is 90.8. The van der Waals surface area contributed by atoms with Crippen LogP contribution in [-0.4, -0.2) is 76.2 Å². The number of nitrogens with zero attached hydrogens (tertiary/aromatic N) is 4. The summed E-state index contributed by atoms with van der Waals surface area (Å²) in [4.78, 5) is 25.7. The molecule has 0 radical (unpaired) electrons. The van der Waals surface area contributed by atoms with Gasteiger partial charge >= 0.3 is 6.36 Å². The van der Waals surface area contributed by atoms with E-state index in [9.17, 15) is 26.4 Å². The number of likely N-dealkylation sites (N-methyl/N-ethyl adjacent to an activating group) is 1. The Morgan fingerprint density at radius 1 is 1.08 bits per heavy atom. The highest BCUT2D eigenvalue weighted by Crippen LogP contribution is 2.51. The lowest BCUT2D eigenvalue weighted by Gasteiger charge is -2.48. The Bertz CT molecular complexity index is 2020. The molecule has 1 amide bonds. The zero-order chi connectivity index (χ0) is 34.6. The molecule has 0 bridgehead atoms. The molecule has 48 heavy (non-hydrogen) atoms. The highest BCUT2D eigenvalue weighted by Gasteiger charge is 2.58. The van der Waals surface area contributed by atoms with Crippen molar-refractivity contribution in [1.29, 1.82) is 0 Å². The fourth-order valence-electron chi connectivity index (χ4n) is 6.16. The summed E-state index contributed by atoms with van der Waals surface area (Å²) in [5.41, 5.74) is 1.13. The zero-order valence-corrected chi connectivity index (χ0v) is 27.2. The monoisotopic (exact) mass is 688 g/mol. The fourth-order valence-corrected chi connectivity index (χ4v) is 6.71. The predicted octanol–water partition coefficient (Wildman–Crippen LogP) is 4.82. The zero-order valence-electron chi connectivity index (χ0n) is 26.4. The quantitative estimate of drug-likeness (QED) is 0.178. The van der Waals surface area contributed by atoms with Gasteiger partial charge in [-0.05, 0) is 24.3 Å². The lowest BCUT2D eigenvalue weighted by atomic mass is 9.73. The van der Waals surface area contributed by atoms with Gasteiger partial charge in [0.2, 0.25) is 21.8 Å². The average Bonchev–Trinajstić information content (AvgIpc) is 3.19. The second-order valence-electron chi connectivity index (χ2n) is 12.1. The van der Waals surface area contributed by atoms with E-state index in [4.69, 9.17) is 4.74 Å². The average molecular weight is 689 g/mol. The molecule has 0 saturated carbocycles. The van der Waals surface area contributed by atoms with Gasteiger partial charge in [-0.2, -0.15) is 0 Å². The molecule has 2 aliphatic rings. The molecule has 2 N–H and O–H groups in total. The molecule has 254 valence electrons. The number of pyridine rings is 2. The summed E-state index contributed by atoms with van der Waals surface area (Å²) in [5, 5.41) is 3.68. The molecule has 1 fully saturated rings. The van der Waals surface area contributed by atoms with Gasteiger partial charge in [0.25, 0.3) is 0 Å². The number of benzene rings is 2. The minimum atomic E-state index is -4.85. The molecule has 2 aliphatic heterocycles. The summed E-state index contributed by atoms with van der Waals surface area (Å²) >= 11 is 0. The SMILES string of the molecule is CC(C)NCCOc1ncc(-c2cc3c4c(cnc3cc2F)N(C)C(=O)C42CN(c3cccc(OC(F)(F)F)c3)C2)cc1NS(C)(=O)=O. The first-order chi connectivity index (χ1) is 22.5. The first kappa shape index (κ1) is 33.2. The Balaban J connectivity index is 1.38. The number of sulfonamides is 1. The fraction of sp³-hybridized carbons (Fsp3) is 0.344. The standard InChI is InChI=1S/C32H32F4N6O5S/c1-18(2)37-8-9-46-29-26(40-48(4,44)45)10-19(14-39-29)22-12-23-25(13-24(22)33)38-15-27-28(23)31(30(43)41(27)3)16-42(17-31)20-6-5-7-21(11-20)47-32(34,35)36/h5-7,10-15,18,37,40H,8-9,16-17H2,1-4H3. The third-order valence-electron chi connectivity index (χ3n) is 8.18. The van der Waals surface area contributed by atoms with Crippen LogP contribution in [0.1, 0.15) is 19.4 Å². The van der Waals surface area contributed by atoms with Crippen LogP contribution in [0.4, 0.5) is 34.6 Å². The van der Waals surface area contributed by atoms with Crippen molar-refractivity contribution in [3.8, 4) is 22.8 Å². The van der Waals surface area contributed by atoms with Crippen molar-refractivity contribution in [2.24, 2.45) is 0 Å². The van der Waals surface area contributed by atoms with Crippen LogP contribution in [0.3, 0.4) is 0 Å². The lowest BCUT2D eigenvalue weighted by Crippen LogP contribution is -2.64. The van der Waals surface area contributed by atoms with Gasteiger partial charge in [-0.25, -0.2) is 17.8 Å². The van der Waals surface area contributed by atoms with E-state index < -0.39 is 27.6 Å². The highest BCUT2D eigenvalue weighted by atomic mass is 32.2. The maximum absolute atomic E-state index is 15.7.